The number of nitrogens with zero attached hydrogens (tertiary/aromatic N) is 1. The Morgan fingerprint density at radius 2 is 1.92 bits per heavy atom. The molecule has 126 valence electrons. The van der Waals surface area contributed by atoms with Gasteiger partial charge in [-0.25, -0.2) is 5.43 Å². The van der Waals surface area contributed by atoms with Gasteiger partial charge in [-0.1, -0.05) is 49.7 Å². The summed E-state index contributed by atoms with van der Waals surface area (Å²) in [4.78, 5) is 12.0. The molecule has 2 aromatic carbocycles. The van der Waals surface area contributed by atoms with Gasteiger partial charge in [0.15, 0.2) is 0 Å². The van der Waals surface area contributed by atoms with E-state index in [1.54, 1.807) is 7.11 Å². The second-order valence-electron chi connectivity index (χ2n) is 5.30. The molecule has 24 heavy (non-hydrogen) atoms. The predicted molar refractivity (Wildman–Crippen MR) is 97.5 cm³/mol. The van der Waals surface area contributed by atoms with Crippen molar-refractivity contribution in [1.82, 2.24) is 5.43 Å². The van der Waals surface area contributed by atoms with Crippen molar-refractivity contribution in [1.29, 1.82) is 0 Å². The molecule has 0 atom stereocenters. The van der Waals surface area contributed by atoms with Crippen LogP contribution in [0, 0.1) is 0 Å². The third-order valence-corrected chi connectivity index (χ3v) is 3.43. The van der Waals surface area contributed by atoms with Crippen LogP contribution in [0.1, 0.15) is 25.3 Å². The van der Waals surface area contributed by atoms with E-state index in [9.17, 15) is 4.79 Å². The van der Waals surface area contributed by atoms with Crippen molar-refractivity contribution in [3.05, 3.63) is 60.2 Å². The molecule has 2 rings (SSSR count). The molecule has 0 saturated heterocycles. The van der Waals surface area contributed by atoms with Crippen LogP contribution in [0.5, 0.6) is 5.75 Å². The number of hydrogen-bond acceptors (Lipinski definition) is 4. The smallest absolute Gasteiger partial charge is 0.259 e. The van der Waals surface area contributed by atoms with E-state index < -0.39 is 0 Å². The lowest BCUT2D eigenvalue weighted by molar-refractivity contribution is -0.119. The Morgan fingerprint density at radius 3 is 2.62 bits per heavy atom. The topological polar surface area (TPSA) is 62.7 Å². The second kappa shape index (κ2) is 9.35. The summed E-state index contributed by atoms with van der Waals surface area (Å²) in [6.07, 6.45) is 1.78. The van der Waals surface area contributed by atoms with Crippen LogP contribution in [0.4, 0.5) is 5.69 Å². The SMILES string of the molecule is CCC/C(=N/NC(=O)CNc1cccc(OC)c1)c1ccccc1. The van der Waals surface area contributed by atoms with Crippen molar-refractivity contribution >= 4 is 17.3 Å². The van der Waals surface area contributed by atoms with E-state index in [1.165, 1.54) is 0 Å². The zero-order valence-electron chi connectivity index (χ0n) is 14.1. The maximum Gasteiger partial charge on any atom is 0.259 e. The van der Waals surface area contributed by atoms with E-state index in [0.717, 1.165) is 35.6 Å². The van der Waals surface area contributed by atoms with Gasteiger partial charge in [0.2, 0.25) is 0 Å². The molecule has 0 saturated carbocycles. The van der Waals surface area contributed by atoms with Gasteiger partial charge in [0.05, 0.1) is 19.4 Å². The van der Waals surface area contributed by atoms with Crippen molar-refractivity contribution < 1.29 is 9.53 Å². The molecule has 0 aromatic heterocycles. The summed E-state index contributed by atoms with van der Waals surface area (Å²) in [5.74, 6) is 0.551. The van der Waals surface area contributed by atoms with E-state index in [1.807, 2.05) is 54.6 Å². The number of carbonyl (C=O) groups is 1. The van der Waals surface area contributed by atoms with Crippen LogP contribution in [0.2, 0.25) is 0 Å². The minimum atomic E-state index is -0.192. The first-order chi connectivity index (χ1) is 11.7. The lowest BCUT2D eigenvalue weighted by Gasteiger charge is -2.08. The first-order valence-electron chi connectivity index (χ1n) is 8.01. The molecule has 0 radical (unpaired) electrons. The van der Waals surface area contributed by atoms with E-state index in [-0.39, 0.29) is 12.5 Å². The van der Waals surface area contributed by atoms with Crippen LogP contribution in [0.25, 0.3) is 0 Å². The third kappa shape index (κ3) is 5.43. The van der Waals surface area contributed by atoms with Gasteiger partial charge in [-0.3, -0.25) is 4.79 Å². The molecule has 0 aliphatic heterocycles. The number of rotatable bonds is 8. The van der Waals surface area contributed by atoms with Crippen molar-refractivity contribution in [2.45, 2.75) is 19.8 Å². The van der Waals surface area contributed by atoms with Gasteiger partial charge < -0.3 is 10.1 Å². The Hall–Kier alpha value is -2.82. The van der Waals surface area contributed by atoms with E-state index in [4.69, 9.17) is 4.74 Å². The van der Waals surface area contributed by atoms with Gasteiger partial charge in [-0.05, 0) is 24.1 Å². The van der Waals surface area contributed by atoms with E-state index >= 15 is 0 Å². The van der Waals surface area contributed by atoms with Gasteiger partial charge in [0, 0.05) is 11.8 Å². The summed E-state index contributed by atoms with van der Waals surface area (Å²) >= 11 is 0. The highest BCUT2D eigenvalue weighted by atomic mass is 16.5. The van der Waals surface area contributed by atoms with Crippen molar-refractivity contribution in [2.24, 2.45) is 5.10 Å². The molecule has 0 heterocycles. The summed E-state index contributed by atoms with van der Waals surface area (Å²) < 4.78 is 5.15. The quantitative estimate of drug-likeness (QED) is 0.577. The van der Waals surface area contributed by atoms with Gasteiger partial charge >= 0.3 is 0 Å². The zero-order chi connectivity index (χ0) is 17.2. The van der Waals surface area contributed by atoms with Gasteiger partial charge in [-0.2, -0.15) is 5.10 Å². The molecular formula is C19H23N3O2. The Labute approximate surface area is 142 Å². The molecule has 0 aliphatic rings. The highest BCUT2D eigenvalue weighted by molar-refractivity contribution is 6.01. The first kappa shape index (κ1) is 17.5. The van der Waals surface area contributed by atoms with E-state index in [2.05, 4.69) is 22.8 Å². The Balaban J connectivity index is 1.92. The van der Waals surface area contributed by atoms with Crippen LogP contribution < -0.4 is 15.5 Å². The molecule has 0 fully saturated rings. The Bertz CT molecular complexity index is 684. The minimum Gasteiger partial charge on any atom is -0.497 e. The largest absolute Gasteiger partial charge is 0.497 e. The molecule has 5 heteroatoms. The monoisotopic (exact) mass is 325 g/mol. The molecule has 2 N–H and O–H groups in total. The van der Waals surface area contributed by atoms with Crippen LogP contribution in [-0.2, 0) is 4.79 Å². The molecule has 0 unspecified atom stereocenters. The number of amides is 1. The fraction of sp³-hybridized carbons (Fsp3) is 0.263. The van der Waals surface area contributed by atoms with Gasteiger partial charge in [0.1, 0.15) is 5.75 Å². The van der Waals surface area contributed by atoms with Gasteiger partial charge in [0.25, 0.3) is 5.91 Å². The summed E-state index contributed by atoms with van der Waals surface area (Å²) in [6.45, 7) is 2.23. The summed E-state index contributed by atoms with van der Waals surface area (Å²) in [5.41, 5.74) is 5.35. The van der Waals surface area contributed by atoms with Crippen LogP contribution >= 0.6 is 0 Å². The number of hydrogen-bond donors (Lipinski definition) is 2. The van der Waals surface area contributed by atoms with Crippen molar-refractivity contribution in [3.63, 3.8) is 0 Å². The van der Waals surface area contributed by atoms with Crippen LogP contribution in [-0.4, -0.2) is 25.3 Å². The molecule has 0 aliphatic carbocycles. The standard InChI is InChI=1S/C19H23N3O2/c1-3-8-18(15-9-5-4-6-10-15)21-22-19(23)14-20-16-11-7-12-17(13-16)24-2/h4-7,9-13,20H,3,8,14H2,1-2H3,(H,22,23)/b21-18-. The molecule has 0 spiro atoms. The number of hydrazone groups is 1. The molecule has 0 bridgehead atoms. The lowest BCUT2D eigenvalue weighted by atomic mass is 10.1. The number of methoxy groups -OCH3 is 1. The van der Waals surface area contributed by atoms with Crippen LogP contribution in [0.3, 0.4) is 0 Å². The Kier molecular flexibility index (Phi) is 6.83. The Morgan fingerprint density at radius 1 is 1.12 bits per heavy atom. The predicted octanol–water partition coefficient (Wildman–Crippen LogP) is 3.43. The first-order valence-corrected chi connectivity index (χ1v) is 8.01. The fourth-order valence-corrected chi connectivity index (χ4v) is 2.22. The van der Waals surface area contributed by atoms with Crippen molar-refractivity contribution in [3.8, 4) is 5.75 Å². The molecule has 1 amide bonds. The average Bonchev–Trinajstić information content (AvgIpc) is 2.64. The molecular weight excluding hydrogens is 302 g/mol. The maximum atomic E-state index is 12.0. The normalized spacial score (nSPS) is 11.0. The van der Waals surface area contributed by atoms with E-state index in [0.29, 0.717) is 0 Å². The lowest BCUT2D eigenvalue weighted by Crippen LogP contribution is -2.27. The zero-order valence-corrected chi connectivity index (χ0v) is 14.1. The number of carbonyl (C=O) groups excluding carboxylic acids is 1. The highest BCUT2D eigenvalue weighted by Crippen LogP contribution is 2.16. The van der Waals surface area contributed by atoms with Crippen molar-refractivity contribution in [2.75, 3.05) is 19.0 Å². The summed E-state index contributed by atoms with van der Waals surface area (Å²) in [6, 6.07) is 17.3. The number of ether oxygens (including phenoxy) is 1. The number of nitrogens with one attached hydrogen (secondary N) is 2. The molecule has 5 nitrogen and oxygen atoms in total. The average molecular weight is 325 g/mol. The number of anilines is 1. The third-order valence-electron chi connectivity index (χ3n) is 3.43. The summed E-state index contributed by atoms with van der Waals surface area (Å²) in [7, 11) is 1.61. The fourth-order valence-electron chi connectivity index (χ4n) is 2.22. The van der Waals surface area contributed by atoms with Crippen LogP contribution in [0.15, 0.2) is 59.7 Å². The second-order valence-corrected chi connectivity index (χ2v) is 5.30. The number of benzene rings is 2. The minimum absolute atomic E-state index is 0.144. The summed E-state index contributed by atoms with van der Waals surface area (Å²) in [5, 5.41) is 7.34. The molecule has 2 aromatic rings. The highest BCUT2D eigenvalue weighted by Gasteiger charge is 2.05. The van der Waals surface area contributed by atoms with Gasteiger partial charge in [-0.15, -0.1) is 0 Å². The maximum absolute atomic E-state index is 12.0.